The van der Waals surface area contributed by atoms with Crippen molar-refractivity contribution in [2.24, 2.45) is 5.41 Å². The number of ketones is 1. The Hall–Kier alpha value is -2.11. The number of nitrogens with one attached hydrogen (secondary N) is 1. The molecule has 0 saturated heterocycles. The maximum absolute atomic E-state index is 12.5. The van der Waals surface area contributed by atoms with Crippen molar-refractivity contribution in [2.75, 3.05) is 6.61 Å². The minimum Gasteiger partial charge on any atom is -0.484 e. The molecule has 1 aromatic carbocycles. The molecule has 0 spiro atoms. The van der Waals surface area contributed by atoms with Crippen molar-refractivity contribution in [1.82, 2.24) is 10.3 Å². The summed E-state index contributed by atoms with van der Waals surface area (Å²) in [6.45, 7) is 1.86. The molecule has 0 atom stereocenters. The molecule has 0 radical (unpaired) electrons. The number of aromatic nitrogens is 1. The van der Waals surface area contributed by atoms with Gasteiger partial charge in [0.25, 0.3) is 5.91 Å². The van der Waals surface area contributed by atoms with Crippen molar-refractivity contribution in [1.29, 1.82) is 0 Å². The van der Waals surface area contributed by atoms with E-state index in [2.05, 4.69) is 10.3 Å². The predicted molar refractivity (Wildman–Crippen MR) is 107 cm³/mol. The summed E-state index contributed by atoms with van der Waals surface area (Å²) in [5.74, 6) is 0.396. The number of halogens is 2. The van der Waals surface area contributed by atoms with Crippen LogP contribution in [-0.2, 0) is 4.79 Å². The van der Waals surface area contributed by atoms with Crippen LogP contribution in [-0.4, -0.2) is 28.8 Å². The number of rotatable bonds is 7. The summed E-state index contributed by atoms with van der Waals surface area (Å²) in [6.07, 6.45) is 4.64. The number of aryl methyl sites for hydroxylation is 1. The number of carbonyl (C=O) groups is 2. The molecule has 0 aliphatic heterocycles. The molecule has 3 saturated carbocycles. The lowest BCUT2D eigenvalue weighted by molar-refractivity contribution is -0.164. The monoisotopic (exact) mass is 418 g/mol. The molecule has 3 aliphatic rings. The van der Waals surface area contributed by atoms with Gasteiger partial charge in [0.2, 0.25) is 0 Å². The van der Waals surface area contributed by atoms with Gasteiger partial charge in [0.15, 0.2) is 12.4 Å². The van der Waals surface area contributed by atoms with Crippen LogP contribution in [0.1, 0.15) is 41.7 Å². The van der Waals surface area contributed by atoms with Crippen LogP contribution < -0.4 is 10.1 Å². The van der Waals surface area contributed by atoms with Gasteiger partial charge in [0.1, 0.15) is 11.4 Å². The van der Waals surface area contributed by atoms with E-state index in [1.165, 1.54) is 0 Å². The second-order valence-electron chi connectivity index (χ2n) is 8.04. The number of carbonyl (C=O) groups excluding carboxylic acids is 2. The molecule has 28 heavy (non-hydrogen) atoms. The third kappa shape index (κ3) is 3.74. The van der Waals surface area contributed by atoms with Gasteiger partial charge in [0, 0.05) is 24.2 Å². The molecule has 3 fully saturated rings. The third-order valence-electron chi connectivity index (χ3n) is 5.54. The molecule has 5 nitrogen and oxygen atoms in total. The Morgan fingerprint density at radius 3 is 2.57 bits per heavy atom. The fourth-order valence-corrected chi connectivity index (χ4v) is 4.77. The molecule has 1 heterocycles. The van der Waals surface area contributed by atoms with E-state index < -0.39 is 0 Å². The van der Waals surface area contributed by atoms with E-state index in [-0.39, 0.29) is 29.3 Å². The zero-order chi connectivity index (χ0) is 19.9. The maximum atomic E-state index is 12.5. The Balaban J connectivity index is 1.24. The van der Waals surface area contributed by atoms with Crippen LogP contribution in [0.25, 0.3) is 0 Å². The van der Waals surface area contributed by atoms with Gasteiger partial charge in [-0.05, 0) is 61.4 Å². The SMILES string of the molecule is Cc1ccnc(C(=O)CC23CC(NC(=O)COc4ccc(Cl)c(Cl)c4)(C2)C3)c1. The van der Waals surface area contributed by atoms with Gasteiger partial charge in [-0.1, -0.05) is 23.2 Å². The molecule has 7 heteroatoms. The van der Waals surface area contributed by atoms with Gasteiger partial charge < -0.3 is 10.1 Å². The van der Waals surface area contributed by atoms with Crippen LogP contribution >= 0.6 is 23.2 Å². The van der Waals surface area contributed by atoms with Crippen molar-refractivity contribution >= 4 is 34.9 Å². The standard InChI is InChI=1S/C21H20Cl2N2O3/c1-13-4-5-24-17(6-13)18(26)8-20-10-21(11-20,12-20)25-19(27)9-28-14-2-3-15(22)16(23)7-14/h2-7H,8-12H2,1H3,(H,25,27). The van der Waals surface area contributed by atoms with E-state index in [1.807, 2.05) is 19.1 Å². The highest BCUT2D eigenvalue weighted by atomic mass is 35.5. The van der Waals surface area contributed by atoms with Crippen LogP contribution in [0.15, 0.2) is 36.5 Å². The lowest BCUT2D eigenvalue weighted by Crippen LogP contribution is -2.75. The number of pyridine rings is 1. The smallest absolute Gasteiger partial charge is 0.258 e. The molecule has 1 N–H and O–H groups in total. The molecule has 2 bridgehead atoms. The van der Waals surface area contributed by atoms with E-state index in [1.54, 1.807) is 24.4 Å². The third-order valence-corrected chi connectivity index (χ3v) is 6.28. The summed E-state index contributed by atoms with van der Waals surface area (Å²) in [6, 6.07) is 8.58. The minimum absolute atomic E-state index is 0.0142. The van der Waals surface area contributed by atoms with Gasteiger partial charge in [-0.2, -0.15) is 0 Å². The van der Waals surface area contributed by atoms with Gasteiger partial charge >= 0.3 is 0 Å². The zero-order valence-corrected chi connectivity index (χ0v) is 16.9. The number of ether oxygens (including phenoxy) is 1. The summed E-state index contributed by atoms with van der Waals surface area (Å²) in [7, 11) is 0. The lowest BCUT2D eigenvalue weighted by Gasteiger charge is -2.70. The molecule has 1 aromatic heterocycles. The van der Waals surface area contributed by atoms with Crippen LogP contribution in [0.3, 0.4) is 0 Å². The maximum Gasteiger partial charge on any atom is 0.258 e. The normalized spacial score (nSPS) is 24.7. The van der Waals surface area contributed by atoms with Crippen molar-refractivity contribution < 1.29 is 14.3 Å². The summed E-state index contributed by atoms with van der Waals surface area (Å²) in [4.78, 5) is 28.9. The number of hydrogen-bond acceptors (Lipinski definition) is 4. The Morgan fingerprint density at radius 2 is 1.89 bits per heavy atom. The molecule has 0 unspecified atom stereocenters. The van der Waals surface area contributed by atoms with Crippen molar-refractivity contribution in [3.63, 3.8) is 0 Å². The van der Waals surface area contributed by atoms with E-state index in [9.17, 15) is 9.59 Å². The van der Waals surface area contributed by atoms with Crippen LogP contribution in [0.4, 0.5) is 0 Å². The Morgan fingerprint density at radius 1 is 1.14 bits per heavy atom. The first kappa shape index (κ1) is 19.2. The van der Waals surface area contributed by atoms with Crippen LogP contribution in [0.2, 0.25) is 10.0 Å². The molecule has 146 valence electrons. The molecular formula is C21H20Cl2N2O3. The minimum atomic E-state index is -0.182. The van der Waals surface area contributed by atoms with Gasteiger partial charge in [-0.25, -0.2) is 0 Å². The summed E-state index contributed by atoms with van der Waals surface area (Å²) in [5, 5.41) is 3.87. The van der Waals surface area contributed by atoms with E-state index in [4.69, 9.17) is 27.9 Å². The summed E-state index contributed by atoms with van der Waals surface area (Å²) in [5.41, 5.74) is 1.39. The summed E-state index contributed by atoms with van der Waals surface area (Å²) >= 11 is 11.8. The molecule has 3 aliphatic carbocycles. The topological polar surface area (TPSA) is 68.3 Å². The molecule has 2 aromatic rings. The lowest BCUT2D eigenvalue weighted by atomic mass is 9.38. The Kier molecular flexibility index (Phi) is 4.84. The number of nitrogens with zero attached hydrogens (tertiary/aromatic N) is 1. The fraction of sp³-hybridized carbons (Fsp3) is 0.381. The second-order valence-corrected chi connectivity index (χ2v) is 8.86. The highest BCUT2D eigenvalue weighted by molar-refractivity contribution is 6.42. The average Bonchev–Trinajstić information content (AvgIpc) is 2.59. The van der Waals surface area contributed by atoms with Crippen molar-refractivity contribution in [3.8, 4) is 5.75 Å². The molecular weight excluding hydrogens is 399 g/mol. The van der Waals surface area contributed by atoms with Gasteiger partial charge in [0.05, 0.1) is 10.0 Å². The first-order valence-electron chi connectivity index (χ1n) is 9.13. The first-order valence-corrected chi connectivity index (χ1v) is 9.89. The van der Waals surface area contributed by atoms with Crippen molar-refractivity contribution in [2.45, 2.75) is 38.1 Å². The largest absolute Gasteiger partial charge is 0.484 e. The number of Topliss-reactive ketones (excluding diaryl/α,β-unsaturated/α-hetero) is 1. The van der Waals surface area contributed by atoms with E-state index in [0.717, 1.165) is 24.8 Å². The van der Waals surface area contributed by atoms with Crippen LogP contribution in [0.5, 0.6) is 5.75 Å². The van der Waals surface area contributed by atoms with E-state index >= 15 is 0 Å². The number of hydrogen-bond donors (Lipinski definition) is 1. The fourth-order valence-electron chi connectivity index (χ4n) is 4.49. The molecule has 1 amide bonds. The predicted octanol–water partition coefficient (Wildman–Crippen LogP) is 4.39. The quantitative estimate of drug-likeness (QED) is 0.676. The second kappa shape index (κ2) is 7.05. The van der Waals surface area contributed by atoms with Crippen LogP contribution in [0, 0.1) is 12.3 Å². The number of benzene rings is 1. The highest BCUT2D eigenvalue weighted by Gasteiger charge is 2.68. The average molecular weight is 419 g/mol. The highest BCUT2D eigenvalue weighted by Crippen LogP contribution is 2.69. The summed E-state index contributed by atoms with van der Waals surface area (Å²) < 4.78 is 5.48. The van der Waals surface area contributed by atoms with E-state index in [0.29, 0.717) is 27.9 Å². The molecule has 5 rings (SSSR count). The first-order chi connectivity index (χ1) is 13.3. The number of amides is 1. The zero-order valence-electron chi connectivity index (χ0n) is 15.4. The van der Waals surface area contributed by atoms with Gasteiger partial charge in [-0.3, -0.25) is 14.6 Å². The van der Waals surface area contributed by atoms with Crippen molar-refractivity contribution in [3.05, 3.63) is 57.8 Å². The Bertz CT molecular complexity index is 941. The van der Waals surface area contributed by atoms with Gasteiger partial charge in [-0.15, -0.1) is 0 Å². The Labute approximate surface area is 173 Å².